The number of halogens is 3. The molecule has 106 valence electrons. The number of thioether (sulfide) groups is 1. The molecule has 20 heavy (non-hydrogen) atoms. The summed E-state index contributed by atoms with van der Waals surface area (Å²) in [6, 6.07) is 4.84. The molecule has 1 amide bonds. The van der Waals surface area contributed by atoms with Crippen molar-refractivity contribution in [1.29, 1.82) is 0 Å². The van der Waals surface area contributed by atoms with Gasteiger partial charge in [-0.15, -0.1) is 0 Å². The Morgan fingerprint density at radius 2 is 2.10 bits per heavy atom. The van der Waals surface area contributed by atoms with E-state index in [1.54, 1.807) is 6.92 Å². The predicted octanol–water partition coefficient (Wildman–Crippen LogP) is 3.93. The normalized spacial score (nSPS) is 18.2. The quantitative estimate of drug-likeness (QED) is 0.609. The number of alkyl halides is 3. The van der Waals surface area contributed by atoms with Crippen molar-refractivity contribution in [3.05, 3.63) is 40.3 Å². The van der Waals surface area contributed by atoms with Gasteiger partial charge in [-0.25, -0.2) is 0 Å². The van der Waals surface area contributed by atoms with Crippen molar-refractivity contribution in [3.8, 4) is 0 Å². The Bertz CT molecular complexity index is 596. The fourth-order valence-corrected chi connectivity index (χ4v) is 3.11. The van der Waals surface area contributed by atoms with Crippen molar-refractivity contribution < 1.29 is 18.0 Å². The van der Waals surface area contributed by atoms with Gasteiger partial charge in [0.1, 0.15) is 4.32 Å². The fraction of sp³-hybridized carbons (Fsp3) is 0.231. The van der Waals surface area contributed by atoms with Crippen molar-refractivity contribution in [1.82, 2.24) is 4.90 Å². The summed E-state index contributed by atoms with van der Waals surface area (Å²) in [5, 5.41) is 0. The van der Waals surface area contributed by atoms with Crippen LogP contribution in [0.3, 0.4) is 0 Å². The lowest BCUT2D eigenvalue weighted by Crippen LogP contribution is -2.27. The minimum absolute atomic E-state index is 0.264. The van der Waals surface area contributed by atoms with Crippen LogP contribution >= 0.6 is 24.0 Å². The van der Waals surface area contributed by atoms with Crippen molar-refractivity contribution >= 4 is 40.3 Å². The number of nitrogens with zero attached hydrogens (tertiary/aromatic N) is 1. The van der Waals surface area contributed by atoms with E-state index >= 15 is 0 Å². The van der Waals surface area contributed by atoms with Gasteiger partial charge in [0.15, 0.2) is 0 Å². The molecule has 1 saturated heterocycles. The maximum absolute atomic E-state index is 12.6. The van der Waals surface area contributed by atoms with E-state index in [-0.39, 0.29) is 5.91 Å². The standard InChI is InChI=1S/C13H10F3NOS2/c1-2-17-11(18)10(20-12(17)19)7-8-4-3-5-9(6-8)13(14,15)16/h3-7H,2H2,1H3/b10-7-. The summed E-state index contributed by atoms with van der Waals surface area (Å²) < 4.78 is 38.3. The number of hydrogen-bond donors (Lipinski definition) is 0. The number of benzene rings is 1. The molecule has 1 aliphatic heterocycles. The van der Waals surface area contributed by atoms with Crippen molar-refractivity contribution in [2.75, 3.05) is 6.54 Å². The Labute approximate surface area is 123 Å². The summed E-state index contributed by atoms with van der Waals surface area (Å²) in [6.07, 6.45) is -2.96. The van der Waals surface area contributed by atoms with Gasteiger partial charge in [0.05, 0.1) is 10.5 Å². The SMILES string of the molecule is CCN1C(=O)/C(=C/c2cccc(C(F)(F)F)c2)SC1=S. The Morgan fingerprint density at radius 1 is 1.40 bits per heavy atom. The largest absolute Gasteiger partial charge is 0.416 e. The van der Waals surface area contributed by atoms with E-state index in [2.05, 4.69) is 0 Å². The molecule has 0 spiro atoms. The van der Waals surface area contributed by atoms with Gasteiger partial charge in [-0.05, 0) is 30.7 Å². The highest BCUT2D eigenvalue weighted by Gasteiger charge is 2.32. The molecule has 1 aromatic rings. The van der Waals surface area contributed by atoms with Gasteiger partial charge in [0.2, 0.25) is 0 Å². The van der Waals surface area contributed by atoms with Crippen LogP contribution in [0.5, 0.6) is 0 Å². The van der Waals surface area contributed by atoms with Gasteiger partial charge in [-0.3, -0.25) is 9.69 Å². The zero-order valence-corrected chi connectivity index (χ0v) is 12.0. The van der Waals surface area contributed by atoms with Crippen LogP contribution < -0.4 is 0 Å². The Balaban J connectivity index is 2.33. The molecule has 0 unspecified atom stereocenters. The van der Waals surface area contributed by atoms with Gasteiger partial charge in [0, 0.05) is 6.54 Å². The van der Waals surface area contributed by atoms with E-state index in [0.717, 1.165) is 23.9 Å². The zero-order valence-electron chi connectivity index (χ0n) is 10.4. The molecule has 7 heteroatoms. The molecule has 1 heterocycles. The van der Waals surface area contributed by atoms with Gasteiger partial charge in [-0.1, -0.05) is 36.1 Å². The van der Waals surface area contributed by atoms with Crippen molar-refractivity contribution in [2.45, 2.75) is 13.1 Å². The first-order chi connectivity index (χ1) is 9.32. The van der Waals surface area contributed by atoms with Crippen LogP contribution in [-0.4, -0.2) is 21.7 Å². The number of rotatable bonds is 2. The molecule has 1 fully saturated rings. The topological polar surface area (TPSA) is 20.3 Å². The molecule has 0 radical (unpaired) electrons. The minimum atomic E-state index is -4.40. The first kappa shape index (κ1) is 15.1. The third-order valence-electron chi connectivity index (χ3n) is 2.70. The van der Waals surface area contributed by atoms with E-state index in [1.165, 1.54) is 23.1 Å². The number of hydrogen-bond acceptors (Lipinski definition) is 3. The third-order valence-corrected chi connectivity index (χ3v) is 4.08. The average Bonchev–Trinajstić information content (AvgIpc) is 2.63. The molecule has 2 nitrogen and oxygen atoms in total. The molecule has 1 aromatic carbocycles. The molecule has 1 aliphatic rings. The maximum Gasteiger partial charge on any atom is 0.416 e. The van der Waals surface area contributed by atoms with Gasteiger partial charge >= 0.3 is 6.18 Å². The van der Waals surface area contributed by atoms with Crippen LogP contribution in [0.15, 0.2) is 29.2 Å². The number of amides is 1. The molecular formula is C13H10F3NOS2. The molecule has 0 aromatic heterocycles. The predicted molar refractivity (Wildman–Crippen MR) is 77.0 cm³/mol. The maximum atomic E-state index is 12.6. The molecule has 0 aliphatic carbocycles. The van der Waals surface area contributed by atoms with Crippen LogP contribution in [0.2, 0.25) is 0 Å². The molecule has 0 atom stereocenters. The van der Waals surface area contributed by atoms with Crippen LogP contribution in [-0.2, 0) is 11.0 Å². The Kier molecular flexibility index (Phi) is 4.19. The second kappa shape index (κ2) is 5.57. The fourth-order valence-electron chi connectivity index (χ4n) is 1.73. The first-order valence-corrected chi connectivity index (χ1v) is 6.98. The lowest BCUT2D eigenvalue weighted by Gasteiger charge is -2.09. The number of carbonyl (C=O) groups excluding carboxylic acids is 1. The van der Waals surface area contributed by atoms with Crippen LogP contribution in [0.4, 0.5) is 13.2 Å². The highest BCUT2D eigenvalue weighted by molar-refractivity contribution is 8.26. The van der Waals surface area contributed by atoms with E-state index in [9.17, 15) is 18.0 Å². The van der Waals surface area contributed by atoms with Crippen LogP contribution in [0, 0.1) is 0 Å². The summed E-state index contributed by atoms with van der Waals surface area (Å²) in [7, 11) is 0. The number of likely N-dealkylation sites (N-methyl/N-ethyl adjacent to an activating group) is 1. The van der Waals surface area contributed by atoms with E-state index in [1.807, 2.05) is 0 Å². The molecular weight excluding hydrogens is 307 g/mol. The van der Waals surface area contributed by atoms with E-state index in [4.69, 9.17) is 12.2 Å². The smallest absolute Gasteiger partial charge is 0.293 e. The van der Waals surface area contributed by atoms with E-state index < -0.39 is 11.7 Å². The second-order valence-electron chi connectivity index (χ2n) is 4.05. The summed E-state index contributed by atoms with van der Waals surface area (Å²) in [4.78, 5) is 13.7. The summed E-state index contributed by atoms with van der Waals surface area (Å²) in [6.45, 7) is 2.24. The summed E-state index contributed by atoms with van der Waals surface area (Å²) >= 11 is 6.14. The number of thiocarbonyl (C=S) groups is 1. The Morgan fingerprint density at radius 3 is 2.65 bits per heavy atom. The molecule has 0 saturated carbocycles. The highest BCUT2D eigenvalue weighted by Crippen LogP contribution is 2.34. The van der Waals surface area contributed by atoms with Crippen molar-refractivity contribution in [3.63, 3.8) is 0 Å². The Hall–Kier alpha value is -1.34. The van der Waals surface area contributed by atoms with Gasteiger partial charge in [-0.2, -0.15) is 13.2 Å². The van der Waals surface area contributed by atoms with Gasteiger partial charge < -0.3 is 0 Å². The third kappa shape index (κ3) is 3.04. The molecule has 2 rings (SSSR count). The van der Waals surface area contributed by atoms with Crippen LogP contribution in [0.1, 0.15) is 18.1 Å². The average molecular weight is 317 g/mol. The monoisotopic (exact) mass is 317 g/mol. The van der Waals surface area contributed by atoms with E-state index in [0.29, 0.717) is 21.3 Å². The molecule has 0 N–H and O–H groups in total. The van der Waals surface area contributed by atoms with Crippen molar-refractivity contribution in [2.24, 2.45) is 0 Å². The summed E-state index contributed by atoms with van der Waals surface area (Å²) in [5.74, 6) is -0.264. The lowest BCUT2D eigenvalue weighted by molar-refractivity contribution is -0.137. The lowest BCUT2D eigenvalue weighted by atomic mass is 10.1. The first-order valence-electron chi connectivity index (χ1n) is 5.75. The zero-order chi connectivity index (χ0) is 14.9. The van der Waals surface area contributed by atoms with Gasteiger partial charge in [0.25, 0.3) is 5.91 Å². The minimum Gasteiger partial charge on any atom is -0.293 e. The number of carbonyl (C=O) groups is 1. The second-order valence-corrected chi connectivity index (χ2v) is 5.72. The molecule has 0 bridgehead atoms. The summed E-state index contributed by atoms with van der Waals surface area (Å²) in [5.41, 5.74) is -0.409. The highest BCUT2D eigenvalue weighted by atomic mass is 32.2. The van der Waals surface area contributed by atoms with Crippen LogP contribution in [0.25, 0.3) is 6.08 Å².